The van der Waals surface area contributed by atoms with E-state index in [4.69, 9.17) is 5.11 Å². The van der Waals surface area contributed by atoms with Gasteiger partial charge in [0.05, 0.1) is 0 Å². The molecule has 114 valence electrons. The highest BCUT2D eigenvalue weighted by molar-refractivity contribution is 5.92. The van der Waals surface area contributed by atoms with Crippen LogP contribution >= 0.6 is 0 Å². The highest BCUT2D eigenvalue weighted by atomic mass is 16.4. The topological polar surface area (TPSA) is 60.9 Å². The number of carboxylic acids is 1. The molecule has 0 aliphatic heterocycles. The number of hydrogen-bond donors (Lipinski definition) is 1. The van der Waals surface area contributed by atoms with E-state index < -0.39 is 5.97 Å². The Balaban J connectivity index is 2.83. The first kappa shape index (κ1) is 16.8. The third-order valence-corrected chi connectivity index (χ3v) is 2.90. The van der Waals surface area contributed by atoms with E-state index in [0.29, 0.717) is 19.5 Å². The number of para-hydroxylation sites is 1. The molecule has 21 heavy (non-hydrogen) atoms. The summed E-state index contributed by atoms with van der Waals surface area (Å²) in [5.41, 5.74) is 1.66. The smallest absolute Gasteiger partial charge is 0.324 e. The van der Waals surface area contributed by atoms with Gasteiger partial charge in [0.2, 0.25) is 0 Å². The molecule has 0 heterocycles. The van der Waals surface area contributed by atoms with Gasteiger partial charge >= 0.3 is 12.0 Å². The van der Waals surface area contributed by atoms with Gasteiger partial charge in [-0.05, 0) is 25.5 Å². The van der Waals surface area contributed by atoms with Crippen LogP contribution in [-0.2, 0) is 4.79 Å². The van der Waals surface area contributed by atoms with Crippen LogP contribution in [0.25, 0.3) is 0 Å². The number of carboxylic acid groups (broad SMARTS) is 1. The van der Waals surface area contributed by atoms with Crippen molar-refractivity contribution in [1.29, 1.82) is 0 Å². The second-order valence-electron chi connectivity index (χ2n) is 5.08. The first-order valence-electron chi connectivity index (χ1n) is 6.85. The van der Waals surface area contributed by atoms with E-state index in [-0.39, 0.29) is 12.5 Å². The van der Waals surface area contributed by atoms with Gasteiger partial charge in [-0.25, -0.2) is 4.79 Å². The number of hydrogen-bond acceptors (Lipinski definition) is 2. The van der Waals surface area contributed by atoms with Gasteiger partial charge in [-0.1, -0.05) is 30.4 Å². The molecule has 0 radical (unpaired) electrons. The molecule has 0 atom stereocenters. The van der Waals surface area contributed by atoms with Crippen molar-refractivity contribution in [2.24, 2.45) is 0 Å². The fourth-order valence-corrected chi connectivity index (χ4v) is 2.01. The molecule has 1 aromatic rings. The van der Waals surface area contributed by atoms with Gasteiger partial charge < -0.3 is 10.0 Å². The Morgan fingerprint density at radius 3 is 2.38 bits per heavy atom. The quantitative estimate of drug-likeness (QED) is 0.785. The van der Waals surface area contributed by atoms with Gasteiger partial charge in [-0.3, -0.25) is 9.69 Å². The summed E-state index contributed by atoms with van der Waals surface area (Å²) in [6.07, 6.45) is 0.456. The summed E-state index contributed by atoms with van der Waals surface area (Å²) < 4.78 is 0. The maximum absolute atomic E-state index is 12.5. The molecule has 5 heteroatoms. The molecule has 5 nitrogen and oxygen atoms in total. The molecule has 0 aliphatic rings. The number of benzene rings is 1. The Bertz CT molecular complexity index is 500. The highest BCUT2D eigenvalue weighted by Crippen LogP contribution is 2.16. The summed E-state index contributed by atoms with van der Waals surface area (Å²) in [4.78, 5) is 26.3. The van der Waals surface area contributed by atoms with E-state index in [1.807, 2.05) is 37.3 Å². The number of carbonyl (C=O) groups is 2. The lowest BCUT2D eigenvalue weighted by Crippen LogP contribution is -2.42. The average molecular weight is 290 g/mol. The second kappa shape index (κ2) is 8.09. The molecule has 0 bridgehead atoms. The van der Waals surface area contributed by atoms with E-state index in [1.165, 1.54) is 0 Å². The number of aliphatic carboxylic acids is 1. The second-order valence-corrected chi connectivity index (χ2v) is 5.08. The first-order chi connectivity index (χ1) is 9.91. The molecule has 0 aliphatic carbocycles. The number of anilines is 1. The zero-order valence-corrected chi connectivity index (χ0v) is 12.6. The Kier molecular flexibility index (Phi) is 6.46. The summed E-state index contributed by atoms with van der Waals surface area (Å²) in [7, 11) is 1.71. The van der Waals surface area contributed by atoms with Crippen molar-refractivity contribution >= 4 is 17.7 Å². The van der Waals surface area contributed by atoms with Gasteiger partial charge in [-0.2, -0.15) is 0 Å². The van der Waals surface area contributed by atoms with Gasteiger partial charge in [0.25, 0.3) is 0 Å². The Hall–Kier alpha value is -2.30. The molecule has 0 saturated carbocycles. The monoisotopic (exact) mass is 290 g/mol. The minimum atomic E-state index is -0.856. The number of carbonyl (C=O) groups excluding carboxylic acids is 1. The summed E-state index contributed by atoms with van der Waals surface area (Å²) >= 11 is 0. The summed E-state index contributed by atoms with van der Waals surface area (Å²) in [5.74, 6) is -0.856. The third-order valence-electron chi connectivity index (χ3n) is 2.90. The van der Waals surface area contributed by atoms with Crippen LogP contribution in [0.5, 0.6) is 0 Å². The van der Waals surface area contributed by atoms with Crippen molar-refractivity contribution in [3.63, 3.8) is 0 Å². The van der Waals surface area contributed by atoms with Crippen LogP contribution in [-0.4, -0.2) is 42.1 Å². The Morgan fingerprint density at radius 2 is 1.86 bits per heavy atom. The van der Waals surface area contributed by atoms with Crippen molar-refractivity contribution in [2.75, 3.05) is 25.0 Å². The number of urea groups is 1. The predicted molar refractivity (Wildman–Crippen MR) is 83.5 cm³/mol. The normalized spacial score (nSPS) is 10.0. The lowest BCUT2D eigenvalue weighted by atomic mass is 10.2. The molecule has 1 aromatic carbocycles. The van der Waals surface area contributed by atoms with Crippen LogP contribution in [0, 0.1) is 0 Å². The zero-order valence-electron chi connectivity index (χ0n) is 12.6. The molecule has 1 N–H and O–H groups in total. The average Bonchev–Trinajstić information content (AvgIpc) is 2.43. The van der Waals surface area contributed by atoms with Crippen molar-refractivity contribution in [3.8, 4) is 0 Å². The summed E-state index contributed by atoms with van der Waals surface area (Å²) in [6.45, 7) is 6.51. The minimum absolute atomic E-state index is 0.0425. The van der Waals surface area contributed by atoms with Gasteiger partial charge in [0.1, 0.15) is 0 Å². The molecular weight excluding hydrogens is 268 g/mol. The van der Waals surface area contributed by atoms with E-state index in [9.17, 15) is 9.59 Å². The van der Waals surface area contributed by atoms with Gasteiger partial charge in [-0.15, -0.1) is 0 Å². The number of rotatable bonds is 7. The van der Waals surface area contributed by atoms with Crippen LogP contribution in [0.2, 0.25) is 0 Å². The van der Waals surface area contributed by atoms with Gasteiger partial charge in [0.15, 0.2) is 0 Å². The van der Waals surface area contributed by atoms with Crippen LogP contribution in [0.4, 0.5) is 10.5 Å². The number of likely N-dealkylation sites (N-methyl/N-ethyl adjacent to an activating group) is 1. The predicted octanol–water partition coefficient (Wildman–Crippen LogP) is 2.99. The van der Waals surface area contributed by atoms with Crippen molar-refractivity contribution in [1.82, 2.24) is 4.90 Å². The maximum Gasteiger partial charge on any atom is 0.324 e. The van der Waals surface area contributed by atoms with Crippen LogP contribution in [0.3, 0.4) is 0 Å². The fraction of sp³-hybridized carbons (Fsp3) is 0.375. The lowest BCUT2D eigenvalue weighted by Gasteiger charge is -2.28. The fourth-order valence-electron chi connectivity index (χ4n) is 2.01. The first-order valence-corrected chi connectivity index (χ1v) is 6.85. The molecule has 0 fully saturated rings. The van der Waals surface area contributed by atoms with Crippen molar-refractivity contribution in [2.45, 2.75) is 19.8 Å². The standard InChI is InChI=1S/C16H22N2O3/c1-13(2)12-17(3)16(21)18(11-7-10-15(19)20)14-8-5-4-6-9-14/h4-6,8-9H,1,7,10-12H2,2-3H3,(H,19,20). The molecule has 0 aromatic heterocycles. The summed E-state index contributed by atoms with van der Waals surface area (Å²) in [5, 5.41) is 8.74. The molecule has 2 amide bonds. The summed E-state index contributed by atoms with van der Waals surface area (Å²) in [6, 6.07) is 9.10. The molecule has 0 spiro atoms. The van der Waals surface area contributed by atoms with Gasteiger partial charge in [0, 0.05) is 32.2 Å². The van der Waals surface area contributed by atoms with Crippen LogP contribution in [0.15, 0.2) is 42.5 Å². The number of nitrogens with zero attached hydrogens (tertiary/aromatic N) is 2. The van der Waals surface area contributed by atoms with Crippen molar-refractivity contribution in [3.05, 3.63) is 42.5 Å². The molecule has 1 rings (SSSR count). The minimum Gasteiger partial charge on any atom is -0.481 e. The van der Waals surface area contributed by atoms with Crippen LogP contribution < -0.4 is 4.90 Å². The SMILES string of the molecule is C=C(C)CN(C)C(=O)N(CCCC(=O)O)c1ccccc1. The largest absolute Gasteiger partial charge is 0.481 e. The Morgan fingerprint density at radius 1 is 1.24 bits per heavy atom. The van der Waals surface area contributed by atoms with E-state index in [0.717, 1.165) is 11.3 Å². The van der Waals surface area contributed by atoms with E-state index >= 15 is 0 Å². The molecule has 0 unspecified atom stereocenters. The maximum atomic E-state index is 12.5. The lowest BCUT2D eigenvalue weighted by molar-refractivity contribution is -0.137. The number of amides is 2. The Labute approximate surface area is 125 Å². The van der Waals surface area contributed by atoms with Crippen molar-refractivity contribution < 1.29 is 14.7 Å². The van der Waals surface area contributed by atoms with E-state index in [2.05, 4.69) is 6.58 Å². The van der Waals surface area contributed by atoms with E-state index in [1.54, 1.807) is 16.8 Å². The third kappa shape index (κ3) is 5.69. The van der Waals surface area contributed by atoms with Crippen LogP contribution in [0.1, 0.15) is 19.8 Å². The highest BCUT2D eigenvalue weighted by Gasteiger charge is 2.19. The zero-order chi connectivity index (χ0) is 15.8. The molecule has 0 saturated heterocycles. The molecular formula is C16H22N2O3.